The molecule has 8 N–H and O–H groups in total. The third kappa shape index (κ3) is 15.4. The third-order valence-electron chi connectivity index (χ3n) is 17.1. The second kappa shape index (κ2) is 28.3. The second-order valence-electron chi connectivity index (χ2n) is 24.5. The largest absolute Gasteiger partial charge is 0.375 e. The summed E-state index contributed by atoms with van der Waals surface area (Å²) in [4.78, 5) is 171. The van der Waals surface area contributed by atoms with Crippen LogP contribution in [0.15, 0.2) is 30.6 Å². The Morgan fingerprint density at radius 1 is 0.738 bits per heavy atom. The Bertz CT molecular complexity index is 2850. The van der Waals surface area contributed by atoms with E-state index in [0.717, 1.165) is 81.9 Å². The second-order valence-corrected chi connectivity index (χ2v) is 24.5. The third-order valence-corrected chi connectivity index (χ3v) is 17.1. The minimum atomic E-state index is -1.10. The van der Waals surface area contributed by atoms with Gasteiger partial charge in [0, 0.05) is 37.8 Å². The molecule has 24 nitrogen and oxygen atoms in total. The van der Waals surface area contributed by atoms with Crippen LogP contribution in [0.3, 0.4) is 0 Å². The minimum absolute atomic E-state index is 0.00693. The minimum Gasteiger partial charge on any atom is -0.375 e. The van der Waals surface area contributed by atoms with Crippen LogP contribution in [0.4, 0.5) is 5.69 Å². The van der Waals surface area contributed by atoms with Gasteiger partial charge in [0.1, 0.15) is 35.6 Å². The first-order valence-corrected chi connectivity index (χ1v) is 30.3. The summed E-state index contributed by atoms with van der Waals surface area (Å²) in [5.41, 5.74) is -0.451. The summed E-state index contributed by atoms with van der Waals surface area (Å²) in [6.07, 6.45) is 16.2. The maximum Gasteiger partial charge on any atom is 0.289 e. The average Bonchev–Trinajstić information content (AvgIpc) is 2.92. The van der Waals surface area contributed by atoms with Gasteiger partial charge in [0.15, 0.2) is 0 Å². The Kier molecular flexibility index (Phi) is 21.0. The number of rotatable bonds is 27. The van der Waals surface area contributed by atoms with Crippen molar-refractivity contribution in [3.63, 3.8) is 0 Å². The number of piperidine rings is 1. The van der Waals surface area contributed by atoms with Crippen molar-refractivity contribution in [1.29, 1.82) is 0 Å². The maximum absolute atomic E-state index is 14.9. The van der Waals surface area contributed by atoms with Gasteiger partial charge < -0.3 is 42.1 Å². The van der Waals surface area contributed by atoms with E-state index in [9.17, 15) is 57.5 Å². The van der Waals surface area contributed by atoms with Gasteiger partial charge in [0.25, 0.3) is 29.5 Å². The fourth-order valence-corrected chi connectivity index (χ4v) is 12.4. The number of imide groups is 2. The standard InChI is InChI=1S/C60H82N12O12/c1-5-17-40(49(75)56(81)66-36-24-25-36)67-55(80)48-37-21-15-20-35(37)33-71(48)59(84)50(60(2,3)4)70-54(79)47(34-18-11-10-12-19-34)69-52(77)42-31-63-41(30-64-42)51(76)62-29-14-9-7-6-8-13-28-61-45(74)32-65-39-23-16-22-38-46(39)58(83)72(57(38)82)43-26-27-44(73)68-53(43)78/h16,22-23,30-31,34-37,40,43,47-48,50,65H,5-15,17-21,24-29,32-33H2,1-4H3,(H,61,74)(H,62,76)(H,66,81)(H,67,80)(H,69,77)(H,70,79)(H,68,73,78)/t35-,37?,40-,43?,47-,48-,50+/m0/s1. The zero-order valence-corrected chi connectivity index (χ0v) is 48.7. The molecule has 2 saturated heterocycles. The van der Waals surface area contributed by atoms with Crippen molar-refractivity contribution in [2.75, 3.05) is 31.5 Å². The Morgan fingerprint density at radius 2 is 1.42 bits per heavy atom. The molecule has 8 rings (SSSR count). The normalized spacial score (nSPS) is 21.5. The van der Waals surface area contributed by atoms with Gasteiger partial charge in [-0.2, -0.15) is 0 Å². The van der Waals surface area contributed by atoms with Gasteiger partial charge in [-0.15, -0.1) is 0 Å². The number of nitrogens with one attached hydrogen (secondary N) is 8. The summed E-state index contributed by atoms with van der Waals surface area (Å²) in [7, 11) is 0. The molecule has 5 fully saturated rings. The van der Waals surface area contributed by atoms with Crippen molar-refractivity contribution in [3.05, 3.63) is 53.1 Å². The van der Waals surface area contributed by atoms with Crippen molar-refractivity contribution in [2.24, 2.45) is 23.2 Å². The van der Waals surface area contributed by atoms with Gasteiger partial charge in [0.05, 0.1) is 36.1 Å². The summed E-state index contributed by atoms with van der Waals surface area (Å²) >= 11 is 0. The van der Waals surface area contributed by atoms with Crippen LogP contribution in [0.1, 0.15) is 198 Å². The number of nitrogens with zero attached hydrogens (tertiary/aromatic N) is 4. The van der Waals surface area contributed by atoms with E-state index in [4.69, 9.17) is 0 Å². The predicted molar refractivity (Wildman–Crippen MR) is 305 cm³/mol. The molecule has 3 aliphatic carbocycles. The number of hydrogen-bond donors (Lipinski definition) is 8. The highest BCUT2D eigenvalue weighted by Crippen LogP contribution is 2.43. The first-order valence-electron chi connectivity index (χ1n) is 30.3. The summed E-state index contributed by atoms with van der Waals surface area (Å²) in [6.45, 7) is 8.33. The van der Waals surface area contributed by atoms with Crippen LogP contribution in [0.2, 0.25) is 0 Å². The molecular weight excluding hydrogens is 1080 g/mol. The van der Waals surface area contributed by atoms with Gasteiger partial charge in [-0.1, -0.05) is 91.5 Å². The number of fused-ring (bicyclic) bond motifs is 2. The maximum atomic E-state index is 14.9. The number of carbonyl (C=O) groups excluding carboxylic acids is 12. The van der Waals surface area contributed by atoms with Gasteiger partial charge in [-0.25, -0.2) is 9.97 Å². The molecule has 84 heavy (non-hydrogen) atoms. The van der Waals surface area contributed by atoms with E-state index in [2.05, 4.69) is 52.5 Å². The molecule has 2 aromatic rings. The van der Waals surface area contributed by atoms with E-state index in [0.29, 0.717) is 51.7 Å². The molecule has 7 atom stereocenters. The van der Waals surface area contributed by atoms with E-state index in [1.807, 2.05) is 27.7 Å². The molecule has 4 heterocycles. The number of aromatic nitrogens is 2. The molecule has 3 saturated carbocycles. The number of carbonyl (C=O) groups is 12. The van der Waals surface area contributed by atoms with E-state index in [1.165, 1.54) is 18.5 Å². The topological polar surface area (TPSA) is 333 Å². The summed E-state index contributed by atoms with van der Waals surface area (Å²) in [5.74, 6) is -7.14. The quantitative estimate of drug-likeness (QED) is 0.0362. The van der Waals surface area contributed by atoms with Crippen molar-refractivity contribution in [2.45, 2.75) is 192 Å². The molecule has 454 valence electrons. The van der Waals surface area contributed by atoms with Crippen LogP contribution in [0.5, 0.6) is 0 Å². The molecule has 1 aromatic carbocycles. The Balaban J connectivity index is 0.760. The van der Waals surface area contributed by atoms with Crippen molar-refractivity contribution < 1.29 is 57.5 Å². The van der Waals surface area contributed by atoms with Crippen LogP contribution in [0.25, 0.3) is 0 Å². The molecular formula is C60H82N12O12. The summed E-state index contributed by atoms with van der Waals surface area (Å²) in [5, 5.41) is 22.3. The Morgan fingerprint density at radius 3 is 2.07 bits per heavy atom. The van der Waals surface area contributed by atoms with E-state index in [1.54, 1.807) is 17.0 Å². The zero-order valence-electron chi connectivity index (χ0n) is 48.7. The van der Waals surface area contributed by atoms with E-state index in [-0.39, 0.29) is 83.7 Å². The van der Waals surface area contributed by atoms with Crippen LogP contribution in [-0.2, 0) is 38.4 Å². The number of unbranched alkanes of at least 4 members (excludes halogenated alkanes) is 5. The highest BCUT2D eigenvalue weighted by Gasteiger charge is 2.53. The number of amides is 11. The van der Waals surface area contributed by atoms with Crippen molar-refractivity contribution in [1.82, 2.24) is 57.0 Å². The molecule has 3 aliphatic heterocycles. The highest BCUT2D eigenvalue weighted by molar-refractivity contribution is 6.38. The van der Waals surface area contributed by atoms with Gasteiger partial charge in [0.2, 0.25) is 41.2 Å². The molecule has 11 amide bonds. The predicted octanol–water partition coefficient (Wildman–Crippen LogP) is 3.15. The van der Waals surface area contributed by atoms with Crippen molar-refractivity contribution >= 4 is 76.4 Å². The van der Waals surface area contributed by atoms with Crippen LogP contribution >= 0.6 is 0 Å². The fraction of sp³-hybridized carbons (Fsp3) is 0.633. The molecule has 24 heteroatoms. The first-order chi connectivity index (χ1) is 40.2. The molecule has 0 spiro atoms. The lowest BCUT2D eigenvalue weighted by molar-refractivity contribution is -0.146. The lowest BCUT2D eigenvalue weighted by Gasteiger charge is -2.38. The van der Waals surface area contributed by atoms with E-state index < -0.39 is 100 Å². The lowest BCUT2D eigenvalue weighted by atomic mass is 9.82. The lowest BCUT2D eigenvalue weighted by Crippen LogP contribution is -2.62. The smallest absolute Gasteiger partial charge is 0.289 e. The molecule has 2 unspecified atom stereocenters. The fourth-order valence-electron chi connectivity index (χ4n) is 12.4. The highest BCUT2D eigenvalue weighted by atomic mass is 16.2. The van der Waals surface area contributed by atoms with Crippen LogP contribution in [-0.4, -0.2) is 153 Å². The molecule has 1 aromatic heterocycles. The first kappa shape index (κ1) is 62.4. The van der Waals surface area contributed by atoms with Gasteiger partial charge in [-0.05, 0) is 99.5 Å². The molecule has 6 aliphatic rings. The number of Topliss-reactive ketones (excluding diaryl/α,β-unsaturated/α-hetero) is 1. The summed E-state index contributed by atoms with van der Waals surface area (Å²) in [6, 6.07) is -0.556. The monoisotopic (exact) mass is 1160 g/mol. The molecule has 0 bridgehead atoms. The summed E-state index contributed by atoms with van der Waals surface area (Å²) < 4.78 is 0. The average molecular weight is 1160 g/mol. The zero-order chi connectivity index (χ0) is 60.2. The van der Waals surface area contributed by atoms with Gasteiger partial charge in [-0.3, -0.25) is 67.8 Å². The number of benzene rings is 1. The van der Waals surface area contributed by atoms with Crippen molar-refractivity contribution in [3.8, 4) is 0 Å². The Hall–Kier alpha value is -7.66. The number of hydrogen-bond acceptors (Lipinski definition) is 15. The molecule has 0 radical (unpaired) electrons. The number of anilines is 1. The number of likely N-dealkylation sites (tertiary alicyclic amines) is 1. The Labute approximate surface area is 489 Å². The number of ketones is 1. The van der Waals surface area contributed by atoms with E-state index >= 15 is 0 Å². The van der Waals surface area contributed by atoms with Crippen LogP contribution < -0.4 is 42.5 Å². The SMILES string of the molecule is CCC[C@H](NC(=O)[C@@H]1C2CCC[C@H]2CN1C(=O)[C@@H](NC(=O)[C@@H](NC(=O)c1cnc(C(=O)NCCCCCCCCNC(=O)CNc2cccc3c2C(=O)N(C2CCC(=O)NC2=O)C3=O)cn1)C1CCCCC1)C(C)(C)C)C(=O)C(=O)NC1CC1. The van der Waals surface area contributed by atoms with Crippen LogP contribution in [0, 0.1) is 23.2 Å². The van der Waals surface area contributed by atoms with Gasteiger partial charge >= 0.3 is 0 Å².